The smallest absolute Gasteiger partial charge is 0.311 e. The number of halogens is 1. The number of hydrogen-bond donors (Lipinski definition) is 1. The fourth-order valence-electron chi connectivity index (χ4n) is 1.59. The molecule has 102 valence electrons. The van der Waals surface area contributed by atoms with Crippen LogP contribution < -0.4 is 0 Å². The highest BCUT2D eigenvalue weighted by molar-refractivity contribution is 9.10. The Morgan fingerprint density at radius 1 is 1.63 bits per heavy atom. The molecule has 1 N–H and O–H groups in total. The maximum atomic E-state index is 11.4. The Hall–Kier alpha value is -1.28. The first-order valence-corrected chi connectivity index (χ1v) is 7.38. The number of carboxylic acids is 1. The maximum Gasteiger partial charge on any atom is 0.311 e. The van der Waals surface area contributed by atoms with Crippen molar-refractivity contribution in [1.82, 2.24) is 20.2 Å². The van der Waals surface area contributed by atoms with Crippen LogP contribution in [-0.2, 0) is 11.3 Å². The van der Waals surface area contributed by atoms with Crippen molar-refractivity contribution in [3.8, 4) is 10.7 Å². The molecule has 8 heteroatoms. The molecule has 19 heavy (non-hydrogen) atoms. The summed E-state index contributed by atoms with van der Waals surface area (Å²) in [4.78, 5) is 12.3. The average molecular weight is 345 g/mol. The third-order valence-electron chi connectivity index (χ3n) is 3.15. The number of carboxylic acid groups (broad SMARTS) is 1. The average Bonchev–Trinajstić information content (AvgIpc) is 2.97. The lowest BCUT2D eigenvalue weighted by molar-refractivity contribution is -0.149. The van der Waals surface area contributed by atoms with E-state index in [0.29, 0.717) is 12.2 Å². The Morgan fingerprint density at radius 3 is 2.89 bits per heavy atom. The zero-order valence-corrected chi connectivity index (χ0v) is 12.9. The van der Waals surface area contributed by atoms with E-state index in [2.05, 4.69) is 31.5 Å². The van der Waals surface area contributed by atoms with Crippen molar-refractivity contribution < 1.29 is 9.90 Å². The van der Waals surface area contributed by atoms with E-state index in [1.807, 2.05) is 18.4 Å². The minimum atomic E-state index is -0.881. The van der Waals surface area contributed by atoms with E-state index in [1.165, 1.54) is 11.3 Å². The van der Waals surface area contributed by atoms with Crippen LogP contribution in [0.4, 0.5) is 0 Å². The van der Waals surface area contributed by atoms with Gasteiger partial charge in [0, 0.05) is 4.47 Å². The summed E-state index contributed by atoms with van der Waals surface area (Å²) >= 11 is 4.94. The number of hydrogen-bond acceptors (Lipinski definition) is 5. The fraction of sp³-hybridized carbons (Fsp3) is 0.455. The van der Waals surface area contributed by atoms with E-state index < -0.39 is 11.4 Å². The quantitative estimate of drug-likeness (QED) is 0.901. The van der Waals surface area contributed by atoms with Gasteiger partial charge in [-0.2, -0.15) is 0 Å². The van der Waals surface area contributed by atoms with Crippen LogP contribution in [0.25, 0.3) is 10.7 Å². The van der Waals surface area contributed by atoms with E-state index >= 15 is 0 Å². The molecule has 2 aromatic heterocycles. The Morgan fingerprint density at radius 2 is 2.37 bits per heavy atom. The molecule has 2 aromatic rings. The van der Waals surface area contributed by atoms with Crippen molar-refractivity contribution in [2.24, 2.45) is 5.41 Å². The van der Waals surface area contributed by atoms with Crippen molar-refractivity contribution in [3.63, 3.8) is 0 Å². The van der Waals surface area contributed by atoms with Gasteiger partial charge >= 0.3 is 5.97 Å². The van der Waals surface area contributed by atoms with Crippen LogP contribution >= 0.6 is 27.3 Å². The normalized spacial score (nSPS) is 14.3. The van der Waals surface area contributed by atoms with Gasteiger partial charge in [-0.05, 0) is 51.1 Å². The molecule has 0 saturated carbocycles. The molecular weight excluding hydrogens is 332 g/mol. The molecule has 6 nitrogen and oxygen atoms in total. The summed E-state index contributed by atoms with van der Waals surface area (Å²) in [6.07, 6.45) is 0.507. The number of carbonyl (C=O) groups is 1. The van der Waals surface area contributed by atoms with Gasteiger partial charge in [-0.3, -0.25) is 4.79 Å². The highest BCUT2D eigenvalue weighted by atomic mass is 79.9. The summed E-state index contributed by atoms with van der Waals surface area (Å²) in [6, 6.07) is 1.91. The second-order valence-electron chi connectivity index (χ2n) is 4.48. The first kappa shape index (κ1) is 14.1. The molecule has 2 heterocycles. The van der Waals surface area contributed by atoms with Crippen LogP contribution in [0.15, 0.2) is 15.9 Å². The lowest BCUT2D eigenvalue weighted by Crippen LogP contribution is -2.32. The standard InChI is InChI=1S/C11H13BrN4O2S/c1-3-11(2,10(17)18)6-16-9(13-14-15-16)8-7(12)4-5-19-8/h4-5H,3,6H2,1-2H3,(H,17,18). The topological polar surface area (TPSA) is 80.9 Å². The minimum Gasteiger partial charge on any atom is -0.481 e. The van der Waals surface area contributed by atoms with Crippen LogP contribution in [0.5, 0.6) is 0 Å². The molecule has 0 radical (unpaired) electrons. The molecule has 0 aliphatic heterocycles. The van der Waals surface area contributed by atoms with Gasteiger partial charge in [-0.1, -0.05) is 6.92 Å². The Labute approximate surface area is 122 Å². The molecule has 1 atom stereocenters. The van der Waals surface area contributed by atoms with Crippen LogP contribution in [0.3, 0.4) is 0 Å². The summed E-state index contributed by atoms with van der Waals surface area (Å²) in [7, 11) is 0. The summed E-state index contributed by atoms with van der Waals surface area (Å²) in [6.45, 7) is 3.79. The van der Waals surface area contributed by atoms with E-state index in [4.69, 9.17) is 0 Å². The second kappa shape index (κ2) is 5.38. The molecule has 0 aliphatic rings. The van der Waals surface area contributed by atoms with Gasteiger partial charge in [0.05, 0.1) is 16.8 Å². The number of tetrazole rings is 1. The molecule has 0 aromatic carbocycles. The predicted octanol–water partition coefficient (Wildman–Crippen LogP) is 2.67. The number of nitrogens with zero attached hydrogens (tertiary/aromatic N) is 4. The number of rotatable bonds is 5. The third kappa shape index (κ3) is 2.69. The summed E-state index contributed by atoms with van der Waals surface area (Å²) in [5, 5.41) is 22.8. The molecule has 0 amide bonds. The zero-order chi connectivity index (χ0) is 14.0. The van der Waals surface area contributed by atoms with Crippen molar-refractivity contribution in [2.45, 2.75) is 26.8 Å². The number of aliphatic carboxylic acids is 1. The van der Waals surface area contributed by atoms with Gasteiger partial charge in [-0.15, -0.1) is 16.4 Å². The molecule has 2 rings (SSSR count). The fourth-order valence-corrected chi connectivity index (χ4v) is 3.13. The largest absolute Gasteiger partial charge is 0.481 e. The van der Waals surface area contributed by atoms with Crippen molar-refractivity contribution >= 4 is 33.2 Å². The molecule has 0 saturated heterocycles. The van der Waals surface area contributed by atoms with E-state index in [0.717, 1.165) is 9.35 Å². The van der Waals surface area contributed by atoms with Gasteiger partial charge in [-0.25, -0.2) is 4.68 Å². The van der Waals surface area contributed by atoms with E-state index in [-0.39, 0.29) is 6.54 Å². The van der Waals surface area contributed by atoms with E-state index in [9.17, 15) is 9.90 Å². The van der Waals surface area contributed by atoms with Crippen LogP contribution in [0.2, 0.25) is 0 Å². The Bertz CT molecular complexity index is 597. The van der Waals surface area contributed by atoms with Gasteiger partial charge in [0.25, 0.3) is 0 Å². The van der Waals surface area contributed by atoms with Gasteiger partial charge in [0.15, 0.2) is 5.82 Å². The van der Waals surface area contributed by atoms with E-state index in [1.54, 1.807) is 11.6 Å². The SMILES string of the molecule is CCC(C)(Cn1nnnc1-c1sccc1Br)C(=O)O. The molecule has 0 aliphatic carbocycles. The Kier molecular flexibility index (Phi) is 4.00. The third-order valence-corrected chi connectivity index (χ3v) is 4.98. The van der Waals surface area contributed by atoms with Crippen LogP contribution in [-0.4, -0.2) is 31.3 Å². The number of thiophene rings is 1. The molecule has 0 fully saturated rings. The molecule has 0 bridgehead atoms. The predicted molar refractivity (Wildman–Crippen MR) is 74.9 cm³/mol. The summed E-state index contributed by atoms with van der Waals surface area (Å²) in [5.41, 5.74) is -0.881. The van der Waals surface area contributed by atoms with Crippen molar-refractivity contribution in [2.75, 3.05) is 0 Å². The lowest BCUT2D eigenvalue weighted by atomic mass is 9.88. The second-order valence-corrected chi connectivity index (χ2v) is 6.25. The summed E-state index contributed by atoms with van der Waals surface area (Å²) < 4.78 is 2.45. The number of aromatic nitrogens is 4. The molecule has 0 spiro atoms. The van der Waals surface area contributed by atoms with Crippen molar-refractivity contribution in [3.05, 3.63) is 15.9 Å². The molecule has 1 unspecified atom stereocenters. The monoisotopic (exact) mass is 344 g/mol. The zero-order valence-electron chi connectivity index (χ0n) is 10.5. The Balaban J connectivity index is 2.36. The summed E-state index contributed by atoms with van der Waals surface area (Å²) in [5.74, 6) is -0.260. The molecular formula is C11H13BrN4O2S. The highest BCUT2D eigenvalue weighted by Crippen LogP contribution is 2.33. The lowest BCUT2D eigenvalue weighted by Gasteiger charge is -2.22. The van der Waals surface area contributed by atoms with Gasteiger partial charge in [0.1, 0.15) is 0 Å². The van der Waals surface area contributed by atoms with Crippen LogP contribution in [0, 0.1) is 5.41 Å². The van der Waals surface area contributed by atoms with Gasteiger partial charge < -0.3 is 5.11 Å². The minimum absolute atomic E-state index is 0.242. The van der Waals surface area contributed by atoms with Gasteiger partial charge in [0.2, 0.25) is 0 Å². The first-order chi connectivity index (χ1) is 8.98. The highest BCUT2D eigenvalue weighted by Gasteiger charge is 2.33. The first-order valence-electron chi connectivity index (χ1n) is 5.71. The van der Waals surface area contributed by atoms with Crippen molar-refractivity contribution in [1.29, 1.82) is 0 Å². The van der Waals surface area contributed by atoms with Crippen LogP contribution in [0.1, 0.15) is 20.3 Å². The maximum absolute atomic E-state index is 11.4.